The fourth-order valence-electron chi connectivity index (χ4n) is 3.04. The number of amides is 1. The maximum atomic E-state index is 12.7. The zero-order valence-electron chi connectivity index (χ0n) is 15.2. The predicted molar refractivity (Wildman–Crippen MR) is 107 cm³/mol. The van der Waals surface area contributed by atoms with Crippen LogP contribution in [0.1, 0.15) is 33.6 Å². The second-order valence-electron chi connectivity index (χ2n) is 6.35. The van der Waals surface area contributed by atoms with Crippen molar-refractivity contribution >= 4 is 34.4 Å². The van der Waals surface area contributed by atoms with Crippen LogP contribution in [0.15, 0.2) is 59.7 Å². The maximum Gasteiger partial charge on any atom is 0.257 e. The van der Waals surface area contributed by atoms with E-state index in [1.165, 1.54) is 0 Å². The van der Waals surface area contributed by atoms with Gasteiger partial charge < -0.3 is 9.72 Å². The van der Waals surface area contributed by atoms with E-state index in [1.807, 2.05) is 12.1 Å². The lowest BCUT2D eigenvalue weighted by Gasteiger charge is -2.03. The molecule has 1 aliphatic rings. The monoisotopic (exact) mass is 374 g/mol. The van der Waals surface area contributed by atoms with E-state index in [4.69, 9.17) is 4.74 Å². The number of aliphatic imine (C=N–C) groups is 1. The Hall–Kier alpha value is -3.74. The van der Waals surface area contributed by atoms with E-state index in [2.05, 4.69) is 20.3 Å². The van der Waals surface area contributed by atoms with Crippen LogP contribution in [0.2, 0.25) is 0 Å². The quantitative estimate of drug-likeness (QED) is 0.642. The van der Waals surface area contributed by atoms with Crippen molar-refractivity contribution in [3.8, 4) is 5.75 Å². The second kappa shape index (κ2) is 7.48. The highest BCUT2D eigenvalue weighted by Gasteiger charge is 2.17. The van der Waals surface area contributed by atoms with Crippen LogP contribution >= 0.6 is 0 Å². The number of Topliss-reactive ketones (excluding diaryl/α,β-unsaturated/α-hetero) is 1. The van der Waals surface area contributed by atoms with Crippen molar-refractivity contribution in [1.29, 1.82) is 0 Å². The third kappa shape index (κ3) is 3.55. The molecule has 1 amide bonds. The number of hydrogen-bond donors (Lipinski definition) is 2. The Morgan fingerprint density at radius 2 is 2.00 bits per heavy atom. The molecule has 1 aliphatic heterocycles. The van der Waals surface area contributed by atoms with E-state index in [1.54, 1.807) is 49.7 Å². The minimum absolute atomic E-state index is 0.0485. The number of methoxy groups -OCH3 is 1. The fourth-order valence-corrected chi connectivity index (χ4v) is 3.04. The summed E-state index contributed by atoms with van der Waals surface area (Å²) in [6, 6.07) is 12.1. The molecule has 140 valence electrons. The highest BCUT2D eigenvalue weighted by atomic mass is 16.5. The zero-order chi connectivity index (χ0) is 19.5. The molecule has 2 heterocycles. The zero-order valence-corrected chi connectivity index (χ0v) is 15.2. The van der Waals surface area contributed by atoms with E-state index in [0.29, 0.717) is 34.3 Å². The molecule has 28 heavy (non-hydrogen) atoms. The van der Waals surface area contributed by atoms with Crippen molar-refractivity contribution in [3.05, 3.63) is 65.9 Å². The van der Waals surface area contributed by atoms with Crippen LogP contribution in [0.4, 0.5) is 5.95 Å². The number of ketones is 1. The molecule has 0 saturated carbocycles. The summed E-state index contributed by atoms with van der Waals surface area (Å²) >= 11 is 0. The topological polar surface area (TPSA) is 96.4 Å². The van der Waals surface area contributed by atoms with Gasteiger partial charge in [0, 0.05) is 35.9 Å². The third-order valence-electron chi connectivity index (χ3n) is 4.48. The van der Waals surface area contributed by atoms with E-state index >= 15 is 0 Å². The SMILES string of the molecule is COc1ccc(C(=O)Nc2nc3c(C(=O)CC4=NC=CC4)cccc3[nH]2)cc1. The number of benzene rings is 2. The van der Waals surface area contributed by atoms with Crippen LogP contribution in [0, 0.1) is 0 Å². The summed E-state index contributed by atoms with van der Waals surface area (Å²) in [6.07, 6.45) is 4.59. The van der Waals surface area contributed by atoms with Crippen molar-refractivity contribution in [2.75, 3.05) is 12.4 Å². The summed E-state index contributed by atoms with van der Waals surface area (Å²) < 4.78 is 5.10. The summed E-state index contributed by atoms with van der Waals surface area (Å²) in [6.45, 7) is 0. The Kier molecular flexibility index (Phi) is 4.72. The Balaban J connectivity index is 1.55. The van der Waals surface area contributed by atoms with Crippen molar-refractivity contribution in [1.82, 2.24) is 9.97 Å². The average molecular weight is 374 g/mol. The van der Waals surface area contributed by atoms with Crippen LogP contribution in [0.3, 0.4) is 0 Å². The number of nitrogens with zero attached hydrogens (tertiary/aromatic N) is 2. The number of carbonyl (C=O) groups is 2. The minimum atomic E-state index is -0.305. The number of imidazole rings is 1. The molecule has 0 fully saturated rings. The summed E-state index contributed by atoms with van der Waals surface area (Å²) in [5.74, 6) is 0.606. The minimum Gasteiger partial charge on any atom is -0.497 e. The number of allylic oxidation sites excluding steroid dienone is 1. The largest absolute Gasteiger partial charge is 0.497 e. The van der Waals surface area contributed by atoms with Gasteiger partial charge in [-0.15, -0.1) is 0 Å². The third-order valence-corrected chi connectivity index (χ3v) is 4.48. The first-order valence-corrected chi connectivity index (χ1v) is 8.82. The number of H-pyrrole nitrogens is 1. The van der Waals surface area contributed by atoms with Gasteiger partial charge in [0.05, 0.1) is 12.6 Å². The molecule has 1 aromatic heterocycles. The van der Waals surface area contributed by atoms with Crippen LogP contribution in [0.25, 0.3) is 11.0 Å². The van der Waals surface area contributed by atoms with Crippen LogP contribution in [0.5, 0.6) is 5.75 Å². The molecule has 0 aliphatic carbocycles. The maximum absolute atomic E-state index is 12.7. The van der Waals surface area contributed by atoms with Gasteiger partial charge in [0.15, 0.2) is 5.78 Å². The van der Waals surface area contributed by atoms with Gasteiger partial charge in [0.1, 0.15) is 11.3 Å². The molecule has 0 spiro atoms. The molecule has 7 nitrogen and oxygen atoms in total. The number of para-hydroxylation sites is 1. The smallest absolute Gasteiger partial charge is 0.257 e. The van der Waals surface area contributed by atoms with Crippen LogP contribution in [-0.4, -0.2) is 34.5 Å². The lowest BCUT2D eigenvalue weighted by molar-refractivity contribution is 0.0999. The number of fused-ring (bicyclic) bond motifs is 1. The van der Waals surface area contributed by atoms with E-state index in [-0.39, 0.29) is 24.1 Å². The van der Waals surface area contributed by atoms with Crippen LogP contribution < -0.4 is 10.1 Å². The first-order chi connectivity index (χ1) is 13.6. The summed E-state index contributed by atoms with van der Waals surface area (Å²) in [7, 11) is 1.57. The Labute approximate surface area is 161 Å². The molecular weight excluding hydrogens is 356 g/mol. The standard InChI is InChI=1S/C21H18N4O3/c1-28-15-9-7-13(8-10-15)20(27)25-21-23-17-6-2-5-16(19(17)24-21)18(26)12-14-4-3-11-22-14/h2-3,5-11H,4,12H2,1H3,(H2,23,24,25,27). The van der Waals surface area contributed by atoms with Gasteiger partial charge in [-0.2, -0.15) is 0 Å². The van der Waals surface area contributed by atoms with Crippen molar-refractivity contribution in [3.63, 3.8) is 0 Å². The fraction of sp³-hybridized carbons (Fsp3) is 0.143. The molecule has 0 radical (unpaired) electrons. The van der Waals surface area contributed by atoms with Crippen molar-refractivity contribution in [2.45, 2.75) is 12.8 Å². The number of aromatic nitrogens is 2. The number of anilines is 1. The lowest BCUT2D eigenvalue weighted by Crippen LogP contribution is -2.12. The second-order valence-corrected chi connectivity index (χ2v) is 6.35. The summed E-state index contributed by atoms with van der Waals surface area (Å²) in [5.41, 5.74) is 3.04. The first-order valence-electron chi connectivity index (χ1n) is 8.82. The van der Waals surface area contributed by atoms with Crippen molar-refractivity contribution in [2.24, 2.45) is 4.99 Å². The number of carbonyl (C=O) groups excluding carboxylic acids is 2. The molecule has 0 saturated heterocycles. The average Bonchev–Trinajstić information content (AvgIpc) is 3.36. The molecule has 3 aromatic rings. The van der Waals surface area contributed by atoms with Gasteiger partial charge in [-0.05, 0) is 36.4 Å². The highest BCUT2D eigenvalue weighted by Crippen LogP contribution is 2.21. The van der Waals surface area contributed by atoms with E-state index in [9.17, 15) is 9.59 Å². The van der Waals surface area contributed by atoms with Gasteiger partial charge in [-0.1, -0.05) is 12.1 Å². The molecule has 0 atom stereocenters. The van der Waals surface area contributed by atoms with Gasteiger partial charge in [-0.25, -0.2) is 4.98 Å². The van der Waals surface area contributed by atoms with Crippen molar-refractivity contribution < 1.29 is 14.3 Å². The number of nitrogens with one attached hydrogen (secondary N) is 2. The molecule has 2 aromatic carbocycles. The number of aromatic amines is 1. The molecular formula is C21H18N4O3. The highest BCUT2D eigenvalue weighted by molar-refractivity contribution is 6.15. The van der Waals surface area contributed by atoms with E-state index < -0.39 is 0 Å². The molecule has 0 unspecified atom stereocenters. The Morgan fingerprint density at radius 1 is 1.18 bits per heavy atom. The first kappa shape index (κ1) is 17.7. The number of rotatable bonds is 6. The lowest BCUT2D eigenvalue weighted by atomic mass is 10.0. The molecule has 2 N–H and O–H groups in total. The molecule has 4 rings (SSSR count). The van der Waals surface area contributed by atoms with E-state index in [0.717, 1.165) is 5.71 Å². The number of ether oxygens (including phenoxy) is 1. The van der Waals surface area contributed by atoms with Crippen LogP contribution in [-0.2, 0) is 0 Å². The van der Waals surface area contributed by atoms with Gasteiger partial charge in [-0.3, -0.25) is 19.9 Å². The normalized spacial score (nSPS) is 12.8. The Bertz CT molecular complexity index is 1110. The van der Waals surface area contributed by atoms with Gasteiger partial charge >= 0.3 is 0 Å². The summed E-state index contributed by atoms with van der Waals surface area (Å²) in [5, 5.41) is 2.73. The van der Waals surface area contributed by atoms with Gasteiger partial charge in [0.25, 0.3) is 5.91 Å². The summed E-state index contributed by atoms with van der Waals surface area (Å²) in [4.78, 5) is 36.8. The van der Waals surface area contributed by atoms with Gasteiger partial charge in [0.2, 0.25) is 5.95 Å². The number of hydrogen-bond acceptors (Lipinski definition) is 5. The molecule has 7 heteroatoms. The molecule has 0 bridgehead atoms. The Morgan fingerprint density at radius 3 is 2.71 bits per heavy atom. The predicted octanol–water partition coefficient (Wildman–Crippen LogP) is 3.76.